The lowest BCUT2D eigenvalue weighted by Gasteiger charge is -2.33. The Morgan fingerprint density at radius 1 is 1.00 bits per heavy atom. The van der Waals surface area contributed by atoms with Gasteiger partial charge in [0.25, 0.3) is 5.91 Å². The van der Waals surface area contributed by atoms with Gasteiger partial charge in [-0.2, -0.15) is 0 Å². The zero-order valence-electron chi connectivity index (χ0n) is 22.4. The Morgan fingerprint density at radius 2 is 1.71 bits per heavy atom. The van der Waals surface area contributed by atoms with E-state index in [1.165, 1.54) is 17.3 Å². The number of fused-ring (bicyclic) bond motifs is 2. The summed E-state index contributed by atoms with van der Waals surface area (Å²) in [6, 6.07) is 20.9. The summed E-state index contributed by atoms with van der Waals surface area (Å²) in [7, 11) is 3.19. The Hall–Kier alpha value is -3.65. The normalized spacial score (nSPS) is 18.6. The van der Waals surface area contributed by atoms with Crippen LogP contribution in [0.15, 0.2) is 66.7 Å². The van der Waals surface area contributed by atoms with Crippen molar-refractivity contribution in [2.24, 2.45) is 0 Å². The minimum absolute atomic E-state index is 0.0479. The highest BCUT2D eigenvalue weighted by Gasteiger charge is 2.59. The molecule has 1 saturated heterocycles. The van der Waals surface area contributed by atoms with Crippen LogP contribution in [0.1, 0.15) is 37.5 Å². The summed E-state index contributed by atoms with van der Waals surface area (Å²) in [6.07, 6.45) is 0. The van der Waals surface area contributed by atoms with Crippen LogP contribution in [0.2, 0.25) is 0 Å². The van der Waals surface area contributed by atoms with Crippen molar-refractivity contribution in [3.63, 3.8) is 0 Å². The van der Waals surface area contributed by atoms with E-state index in [-0.39, 0.29) is 17.4 Å². The van der Waals surface area contributed by atoms with Crippen LogP contribution in [-0.2, 0) is 21.6 Å². The van der Waals surface area contributed by atoms with Gasteiger partial charge < -0.3 is 19.7 Å². The average molecular weight is 532 g/mol. The van der Waals surface area contributed by atoms with Gasteiger partial charge in [-0.15, -0.1) is 11.8 Å². The number of methoxy groups -OCH3 is 2. The van der Waals surface area contributed by atoms with Crippen LogP contribution in [0, 0.1) is 0 Å². The standard InChI is InChI=1S/C30H33N3O4S/c1-29(2,3)21-11-9-20(10-12-21)19-32-26-14-13-24(37-5)18-25(26)30(27(32)34)33(15-16-38-30)28(35)31-22-7-6-8-23(17-22)36-4/h6-14,17-18H,15-16,19H2,1-5H3,(H,31,35). The predicted octanol–water partition coefficient (Wildman–Crippen LogP) is 5.98. The number of rotatable bonds is 5. The Kier molecular flexibility index (Phi) is 6.77. The lowest BCUT2D eigenvalue weighted by atomic mass is 9.87. The highest BCUT2D eigenvalue weighted by Crippen LogP contribution is 2.55. The molecule has 3 amide bonds. The summed E-state index contributed by atoms with van der Waals surface area (Å²) in [4.78, 5) is 30.2. The summed E-state index contributed by atoms with van der Waals surface area (Å²) in [5.41, 5.74) is 4.49. The fourth-order valence-electron chi connectivity index (χ4n) is 5.06. The summed E-state index contributed by atoms with van der Waals surface area (Å²) >= 11 is 1.49. The molecule has 1 N–H and O–H groups in total. The predicted molar refractivity (Wildman–Crippen MR) is 152 cm³/mol. The molecule has 198 valence electrons. The van der Waals surface area contributed by atoms with E-state index in [9.17, 15) is 9.59 Å². The molecule has 3 aromatic rings. The maximum absolute atomic E-state index is 14.3. The SMILES string of the molecule is COc1cccc(NC(=O)N2CCSC23C(=O)N(Cc2ccc(C(C)(C)C)cc2)c2ccc(OC)cc23)c1. The van der Waals surface area contributed by atoms with Gasteiger partial charge in [-0.3, -0.25) is 9.69 Å². The lowest BCUT2D eigenvalue weighted by molar-refractivity contribution is -0.123. The third-order valence-corrected chi connectivity index (χ3v) is 8.55. The number of hydrogen-bond donors (Lipinski definition) is 1. The first-order valence-electron chi connectivity index (χ1n) is 12.6. The number of carbonyl (C=O) groups excluding carboxylic acids is 2. The number of anilines is 2. The van der Waals surface area contributed by atoms with Crippen molar-refractivity contribution >= 4 is 35.1 Å². The monoisotopic (exact) mass is 531 g/mol. The Balaban J connectivity index is 1.50. The molecule has 2 aliphatic rings. The first kappa shape index (κ1) is 26.0. The van der Waals surface area contributed by atoms with Crippen molar-refractivity contribution in [1.29, 1.82) is 0 Å². The Bertz CT molecular complexity index is 1370. The van der Waals surface area contributed by atoms with Gasteiger partial charge in [0.1, 0.15) is 11.5 Å². The van der Waals surface area contributed by atoms with E-state index in [0.717, 1.165) is 16.8 Å². The Labute approximate surface area is 228 Å². The van der Waals surface area contributed by atoms with Crippen molar-refractivity contribution < 1.29 is 19.1 Å². The number of nitrogens with zero attached hydrogens (tertiary/aromatic N) is 2. The number of amides is 3. The second-order valence-electron chi connectivity index (χ2n) is 10.5. The van der Waals surface area contributed by atoms with Crippen LogP contribution >= 0.6 is 11.8 Å². The number of ether oxygens (including phenoxy) is 2. The van der Waals surface area contributed by atoms with Crippen molar-refractivity contribution in [2.75, 3.05) is 36.7 Å². The minimum atomic E-state index is -1.17. The molecule has 0 saturated carbocycles. The van der Waals surface area contributed by atoms with Gasteiger partial charge in [0, 0.05) is 29.6 Å². The molecule has 38 heavy (non-hydrogen) atoms. The molecular formula is C30H33N3O4S. The van der Waals surface area contributed by atoms with Gasteiger partial charge in [-0.05, 0) is 46.9 Å². The van der Waals surface area contributed by atoms with Crippen LogP contribution in [0.3, 0.4) is 0 Å². The van der Waals surface area contributed by atoms with Crippen LogP contribution in [-0.4, -0.2) is 43.4 Å². The maximum Gasteiger partial charge on any atom is 0.323 e. The largest absolute Gasteiger partial charge is 0.497 e. The van der Waals surface area contributed by atoms with Crippen LogP contribution in [0.4, 0.5) is 16.2 Å². The van der Waals surface area contributed by atoms with Gasteiger partial charge in [0.2, 0.25) is 0 Å². The topological polar surface area (TPSA) is 71.1 Å². The van der Waals surface area contributed by atoms with Gasteiger partial charge in [-0.1, -0.05) is 51.1 Å². The van der Waals surface area contributed by atoms with Crippen molar-refractivity contribution in [3.05, 3.63) is 83.4 Å². The third-order valence-electron chi connectivity index (χ3n) is 7.13. The second-order valence-corrected chi connectivity index (χ2v) is 11.8. The lowest BCUT2D eigenvalue weighted by Crippen LogP contribution is -2.51. The van der Waals surface area contributed by atoms with Crippen LogP contribution < -0.4 is 19.7 Å². The number of hydrogen-bond acceptors (Lipinski definition) is 5. The third kappa shape index (κ3) is 4.47. The molecule has 1 atom stereocenters. The summed E-state index contributed by atoms with van der Waals surface area (Å²) < 4.78 is 10.8. The number of carbonyl (C=O) groups is 2. The van der Waals surface area contributed by atoms with E-state index < -0.39 is 4.87 Å². The maximum atomic E-state index is 14.3. The van der Waals surface area contributed by atoms with E-state index in [1.54, 1.807) is 36.2 Å². The molecular weight excluding hydrogens is 498 g/mol. The van der Waals surface area contributed by atoms with Gasteiger partial charge in [0.15, 0.2) is 4.87 Å². The van der Waals surface area contributed by atoms with E-state index in [0.29, 0.717) is 36.0 Å². The van der Waals surface area contributed by atoms with Gasteiger partial charge >= 0.3 is 6.03 Å². The van der Waals surface area contributed by atoms with Gasteiger partial charge in [0.05, 0.1) is 26.5 Å². The molecule has 1 spiro atoms. The molecule has 3 aromatic carbocycles. The summed E-state index contributed by atoms with van der Waals surface area (Å²) in [6.45, 7) is 7.40. The highest BCUT2D eigenvalue weighted by atomic mass is 32.2. The van der Waals surface area contributed by atoms with E-state index in [1.807, 2.05) is 30.3 Å². The number of nitrogens with one attached hydrogen (secondary N) is 1. The highest BCUT2D eigenvalue weighted by molar-refractivity contribution is 8.01. The average Bonchev–Trinajstić information content (AvgIpc) is 3.45. The van der Waals surface area contributed by atoms with E-state index in [2.05, 4.69) is 50.4 Å². The zero-order valence-corrected chi connectivity index (χ0v) is 23.2. The van der Waals surface area contributed by atoms with Crippen molar-refractivity contribution in [1.82, 2.24) is 4.90 Å². The quantitative estimate of drug-likeness (QED) is 0.439. The smallest absolute Gasteiger partial charge is 0.323 e. The number of benzene rings is 3. The molecule has 0 aromatic heterocycles. The number of thioether (sulfide) groups is 1. The number of urea groups is 1. The fraction of sp³-hybridized carbons (Fsp3) is 0.333. The van der Waals surface area contributed by atoms with Crippen LogP contribution in [0.25, 0.3) is 0 Å². The first-order valence-corrected chi connectivity index (χ1v) is 13.6. The fourth-order valence-corrected chi connectivity index (χ4v) is 6.51. The van der Waals surface area contributed by atoms with E-state index in [4.69, 9.17) is 9.47 Å². The van der Waals surface area contributed by atoms with Crippen molar-refractivity contribution in [3.8, 4) is 11.5 Å². The van der Waals surface area contributed by atoms with Crippen molar-refractivity contribution in [2.45, 2.75) is 37.6 Å². The molecule has 7 nitrogen and oxygen atoms in total. The summed E-state index contributed by atoms with van der Waals surface area (Å²) in [5.74, 6) is 1.81. The van der Waals surface area contributed by atoms with Gasteiger partial charge in [-0.25, -0.2) is 4.79 Å². The first-order chi connectivity index (χ1) is 18.2. The molecule has 8 heteroatoms. The molecule has 2 heterocycles. The van der Waals surface area contributed by atoms with E-state index >= 15 is 0 Å². The molecule has 0 aliphatic carbocycles. The molecule has 0 bridgehead atoms. The zero-order chi connectivity index (χ0) is 27.1. The molecule has 1 fully saturated rings. The van der Waals surface area contributed by atoms with Crippen LogP contribution in [0.5, 0.6) is 11.5 Å². The molecule has 1 unspecified atom stereocenters. The Morgan fingerprint density at radius 3 is 2.39 bits per heavy atom. The molecule has 5 rings (SSSR count). The molecule has 2 aliphatic heterocycles. The summed E-state index contributed by atoms with van der Waals surface area (Å²) in [5, 5.41) is 2.97. The second kappa shape index (κ2) is 9.91. The minimum Gasteiger partial charge on any atom is -0.497 e. The molecule has 0 radical (unpaired) electrons.